The van der Waals surface area contributed by atoms with E-state index in [0.29, 0.717) is 11.0 Å². The second kappa shape index (κ2) is 3.78. The van der Waals surface area contributed by atoms with Gasteiger partial charge in [0.1, 0.15) is 0 Å². The van der Waals surface area contributed by atoms with Crippen molar-refractivity contribution in [2.75, 3.05) is 5.32 Å². The first-order chi connectivity index (χ1) is 7.97. The number of nitrogens with one attached hydrogen (secondary N) is 3. The summed E-state index contributed by atoms with van der Waals surface area (Å²) in [7, 11) is 0. The van der Waals surface area contributed by atoms with Gasteiger partial charge in [0.25, 0.3) is 0 Å². The molecule has 0 aliphatic carbocycles. The molecule has 7 nitrogen and oxygen atoms in total. The Kier molecular flexibility index (Phi) is 2.43. The zero-order valence-corrected chi connectivity index (χ0v) is 8.83. The highest BCUT2D eigenvalue weighted by atomic mass is 16.4. The predicted octanol–water partition coefficient (Wildman–Crippen LogP) is 0.513. The number of carbonyl (C=O) groups is 2. The number of amides is 1. The fourth-order valence-corrected chi connectivity index (χ4v) is 1.55. The standard InChI is InChI=1S/C10H9N3O4/c1-4(14)11-6-3-8-7(12-10(17)13-8)2-5(6)9(15)16/h2-3H,1H3,(H,11,14)(H,15,16)(H2,12,13,17). The first kappa shape index (κ1) is 10.9. The fourth-order valence-electron chi connectivity index (χ4n) is 1.55. The number of carboxylic acid groups (broad SMARTS) is 1. The molecule has 0 atom stereocenters. The van der Waals surface area contributed by atoms with Gasteiger partial charge in [0.05, 0.1) is 22.3 Å². The van der Waals surface area contributed by atoms with E-state index in [-0.39, 0.29) is 17.2 Å². The van der Waals surface area contributed by atoms with Crippen LogP contribution in [0.25, 0.3) is 11.0 Å². The third-order valence-corrected chi connectivity index (χ3v) is 2.20. The van der Waals surface area contributed by atoms with Gasteiger partial charge in [0, 0.05) is 6.92 Å². The van der Waals surface area contributed by atoms with E-state index in [1.54, 1.807) is 0 Å². The summed E-state index contributed by atoms with van der Waals surface area (Å²) in [5.74, 6) is -1.57. The number of anilines is 1. The minimum absolute atomic E-state index is 0.0806. The molecule has 0 aliphatic rings. The Morgan fingerprint density at radius 2 is 1.82 bits per heavy atom. The zero-order chi connectivity index (χ0) is 12.6. The Morgan fingerprint density at radius 3 is 2.35 bits per heavy atom. The van der Waals surface area contributed by atoms with Crippen LogP contribution in [-0.4, -0.2) is 27.0 Å². The summed E-state index contributed by atoms with van der Waals surface area (Å²) < 4.78 is 0. The normalized spacial score (nSPS) is 10.4. The number of hydrogen-bond acceptors (Lipinski definition) is 3. The maximum Gasteiger partial charge on any atom is 0.337 e. The summed E-state index contributed by atoms with van der Waals surface area (Å²) in [4.78, 5) is 37.9. The second-order valence-electron chi connectivity index (χ2n) is 3.51. The third kappa shape index (κ3) is 2.03. The van der Waals surface area contributed by atoms with Crippen molar-refractivity contribution in [2.24, 2.45) is 0 Å². The molecular weight excluding hydrogens is 226 g/mol. The molecule has 0 fully saturated rings. The maximum absolute atomic E-state index is 11.1. The molecule has 0 bridgehead atoms. The lowest BCUT2D eigenvalue weighted by atomic mass is 10.1. The molecule has 0 saturated carbocycles. The van der Waals surface area contributed by atoms with Crippen LogP contribution in [0.2, 0.25) is 0 Å². The van der Waals surface area contributed by atoms with E-state index in [9.17, 15) is 14.4 Å². The maximum atomic E-state index is 11.1. The highest BCUT2D eigenvalue weighted by Gasteiger charge is 2.13. The van der Waals surface area contributed by atoms with Crippen molar-refractivity contribution in [1.82, 2.24) is 9.97 Å². The van der Waals surface area contributed by atoms with Gasteiger partial charge in [-0.2, -0.15) is 0 Å². The zero-order valence-electron chi connectivity index (χ0n) is 8.83. The average Bonchev–Trinajstić information content (AvgIpc) is 2.54. The van der Waals surface area contributed by atoms with Crippen molar-refractivity contribution < 1.29 is 14.7 Å². The summed E-state index contributed by atoms with van der Waals surface area (Å²) in [6, 6.07) is 2.69. The number of imidazole rings is 1. The number of hydrogen-bond donors (Lipinski definition) is 4. The predicted molar refractivity (Wildman–Crippen MR) is 60.2 cm³/mol. The molecule has 7 heteroatoms. The quantitative estimate of drug-likeness (QED) is 0.607. The summed E-state index contributed by atoms with van der Waals surface area (Å²) in [5.41, 5.74) is 0.442. The van der Waals surface area contributed by atoms with Crippen LogP contribution in [0.1, 0.15) is 17.3 Å². The Hall–Kier alpha value is -2.57. The SMILES string of the molecule is CC(=O)Nc1cc2[nH]c(=O)[nH]c2cc1C(=O)O. The molecule has 4 N–H and O–H groups in total. The van der Waals surface area contributed by atoms with Gasteiger partial charge in [0.15, 0.2) is 0 Å². The lowest BCUT2D eigenvalue weighted by Gasteiger charge is -2.06. The summed E-state index contributed by atoms with van der Waals surface area (Å²) >= 11 is 0. The highest BCUT2D eigenvalue weighted by Crippen LogP contribution is 2.21. The summed E-state index contributed by atoms with van der Waals surface area (Å²) in [5, 5.41) is 11.4. The van der Waals surface area contributed by atoms with Crippen molar-refractivity contribution in [1.29, 1.82) is 0 Å². The van der Waals surface area contributed by atoms with Crippen LogP contribution < -0.4 is 11.0 Å². The van der Waals surface area contributed by atoms with Crippen LogP contribution in [0, 0.1) is 0 Å². The largest absolute Gasteiger partial charge is 0.478 e. The molecule has 1 aromatic carbocycles. The molecule has 2 rings (SSSR count). The number of carboxylic acids is 1. The van der Waals surface area contributed by atoms with Crippen LogP contribution in [0.5, 0.6) is 0 Å². The van der Waals surface area contributed by atoms with Gasteiger partial charge in [-0.25, -0.2) is 9.59 Å². The van der Waals surface area contributed by atoms with Gasteiger partial charge >= 0.3 is 11.7 Å². The molecular formula is C10H9N3O4. The molecule has 1 amide bonds. The van der Waals surface area contributed by atoms with E-state index in [2.05, 4.69) is 15.3 Å². The number of aromatic carboxylic acids is 1. The lowest BCUT2D eigenvalue weighted by molar-refractivity contribution is -0.114. The number of aromatic nitrogens is 2. The molecule has 17 heavy (non-hydrogen) atoms. The Labute approximate surface area is 94.5 Å². The number of H-pyrrole nitrogens is 2. The van der Waals surface area contributed by atoms with Gasteiger partial charge in [-0.05, 0) is 12.1 Å². The average molecular weight is 235 g/mol. The molecule has 0 saturated heterocycles. The van der Waals surface area contributed by atoms with Crippen LogP contribution in [-0.2, 0) is 4.79 Å². The number of benzene rings is 1. The first-order valence-electron chi connectivity index (χ1n) is 4.74. The van der Waals surface area contributed by atoms with Gasteiger partial charge in [0.2, 0.25) is 5.91 Å². The van der Waals surface area contributed by atoms with Crippen LogP contribution in [0.4, 0.5) is 5.69 Å². The monoisotopic (exact) mass is 235 g/mol. The van der Waals surface area contributed by atoms with Crippen molar-refractivity contribution in [3.63, 3.8) is 0 Å². The van der Waals surface area contributed by atoms with Crippen molar-refractivity contribution in [3.8, 4) is 0 Å². The van der Waals surface area contributed by atoms with Crippen molar-refractivity contribution in [3.05, 3.63) is 28.2 Å². The molecule has 1 aromatic heterocycles. The molecule has 0 spiro atoms. The minimum atomic E-state index is -1.18. The van der Waals surface area contributed by atoms with Gasteiger partial charge in [-0.1, -0.05) is 0 Å². The Morgan fingerprint density at radius 1 is 1.24 bits per heavy atom. The second-order valence-corrected chi connectivity index (χ2v) is 3.51. The molecule has 0 radical (unpaired) electrons. The lowest BCUT2D eigenvalue weighted by Crippen LogP contribution is -2.10. The number of carbonyl (C=O) groups excluding carboxylic acids is 1. The van der Waals surface area contributed by atoms with E-state index >= 15 is 0 Å². The third-order valence-electron chi connectivity index (χ3n) is 2.20. The number of fused-ring (bicyclic) bond motifs is 1. The van der Waals surface area contributed by atoms with Crippen LogP contribution in [0.3, 0.4) is 0 Å². The van der Waals surface area contributed by atoms with Crippen molar-refractivity contribution >= 4 is 28.6 Å². The highest BCUT2D eigenvalue weighted by molar-refractivity contribution is 6.03. The van der Waals surface area contributed by atoms with E-state index in [4.69, 9.17) is 5.11 Å². The Balaban J connectivity index is 2.69. The molecule has 1 heterocycles. The summed E-state index contributed by atoms with van der Waals surface area (Å²) in [6.07, 6.45) is 0. The number of aromatic amines is 2. The fraction of sp³-hybridized carbons (Fsp3) is 0.100. The van der Waals surface area contributed by atoms with E-state index in [1.165, 1.54) is 19.1 Å². The summed E-state index contributed by atoms with van der Waals surface area (Å²) in [6.45, 7) is 1.27. The van der Waals surface area contributed by atoms with E-state index in [1.807, 2.05) is 0 Å². The van der Waals surface area contributed by atoms with E-state index < -0.39 is 11.7 Å². The van der Waals surface area contributed by atoms with Gasteiger partial charge in [-0.15, -0.1) is 0 Å². The topological polar surface area (TPSA) is 115 Å². The van der Waals surface area contributed by atoms with Gasteiger partial charge < -0.3 is 20.4 Å². The van der Waals surface area contributed by atoms with Gasteiger partial charge in [-0.3, -0.25) is 4.79 Å². The first-order valence-corrected chi connectivity index (χ1v) is 4.74. The molecule has 0 aliphatic heterocycles. The van der Waals surface area contributed by atoms with Crippen molar-refractivity contribution in [2.45, 2.75) is 6.92 Å². The van der Waals surface area contributed by atoms with Crippen LogP contribution >= 0.6 is 0 Å². The van der Waals surface area contributed by atoms with E-state index in [0.717, 1.165) is 0 Å². The number of rotatable bonds is 2. The van der Waals surface area contributed by atoms with Crippen LogP contribution in [0.15, 0.2) is 16.9 Å². The molecule has 88 valence electrons. The molecule has 2 aromatic rings. The molecule has 0 unspecified atom stereocenters. The minimum Gasteiger partial charge on any atom is -0.478 e. The smallest absolute Gasteiger partial charge is 0.337 e. The Bertz CT molecular complexity index is 668.